The average Bonchev–Trinajstić information content (AvgIpc) is 3.20. The van der Waals surface area contributed by atoms with Gasteiger partial charge in [-0.15, -0.1) is 16.8 Å². The van der Waals surface area contributed by atoms with E-state index < -0.39 is 6.61 Å². The fourth-order valence-electron chi connectivity index (χ4n) is 3.23. The Bertz CT molecular complexity index is 1060. The van der Waals surface area contributed by atoms with E-state index in [2.05, 4.69) is 21.5 Å². The highest BCUT2D eigenvalue weighted by Crippen LogP contribution is 2.25. The lowest BCUT2D eigenvalue weighted by atomic mass is 10.2. The number of allylic oxidation sites excluding steroid dienone is 1. The molecule has 0 atom stereocenters. The van der Waals surface area contributed by atoms with E-state index in [9.17, 15) is 13.6 Å². The van der Waals surface area contributed by atoms with Gasteiger partial charge >= 0.3 is 6.61 Å². The third kappa shape index (κ3) is 4.62. The molecule has 158 valence electrons. The van der Waals surface area contributed by atoms with Gasteiger partial charge in [0.1, 0.15) is 11.6 Å². The Balaban J connectivity index is 1.78. The number of benzene rings is 1. The number of ketones is 1. The van der Waals surface area contributed by atoms with E-state index in [4.69, 9.17) is 0 Å². The Labute approximate surface area is 177 Å². The maximum Gasteiger partial charge on any atom is 0.387 e. The predicted octanol–water partition coefficient (Wildman–Crippen LogP) is 4.76. The highest BCUT2D eigenvalue weighted by Gasteiger charge is 2.18. The number of carbonyl (C=O) groups excluding carboxylic acids is 1. The lowest BCUT2D eigenvalue weighted by molar-refractivity contribution is -0.0498. The summed E-state index contributed by atoms with van der Waals surface area (Å²) in [7, 11) is 0. The van der Waals surface area contributed by atoms with E-state index >= 15 is 0 Å². The number of rotatable bonds is 9. The van der Waals surface area contributed by atoms with Gasteiger partial charge in [-0.25, -0.2) is 0 Å². The zero-order valence-electron chi connectivity index (χ0n) is 16.9. The Morgan fingerprint density at radius 3 is 2.57 bits per heavy atom. The summed E-state index contributed by atoms with van der Waals surface area (Å²) in [6.45, 7) is 7.05. The quantitative estimate of drug-likeness (QED) is 0.277. The lowest BCUT2D eigenvalue weighted by Crippen LogP contribution is -2.07. The van der Waals surface area contributed by atoms with Gasteiger partial charge in [0, 0.05) is 29.2 Å². The molecular formula is C21H22F2N4O2S. The van der Waals surface area contributed by atoms with Crippen molar-refractivity contribution in [2.75, 3.05) is 5.75 Å². The molecule has 0 fully saturated rings. The molecule has 2 heterocycles. The molecule has 1 aromatic carbocycles. The number of hydrogen-bond acceptors (Lipinski definition) is 5. The number of aryl methyl sites for hydroxylation is 2. The Kier molecular flexibility index (Phi) is 6.71. The zero-order valence-corrected chi connectivity index (χ0v) is 17.7. The third-order valence-corrected chi connectivity index (χ3v) is 5.56. The first-order chi connectivity index (χ1) is 14.3. The van der Waals surface area contributed by atoms with Crippen molar-refractivity contribution in [2.45, 2.75) is 39.1 Å². The summed E-state index contributed by atoms with van der Waals surface area (Å²) >= 11 is 1.33. The predicted molar refractivity (Wildman–Crippen MR) is 112 cm³/mol. The normalized spacial score (nSPS) is 11.1. The summed E-state index contributed by atoms with van der Waals surface area (Å²) in [6.07, 6.45) is 1.76. The Morgan fingerprint density at radius 2 is 1.93 bits per heavy atom. The van der Waals surface area contributed by atoms with Gasteiger partial charge in [-0.1, -0.05) is 17.8 Å². The summed E-state index contributed by atoms with van der Waals surface area (Å²) in [4.78, 5) is 12.9. The molecule has 0 radical (unpaired) electrons. The molecule has 0 aliphatic carbocycles. The monoisotopic (exact) mass is 432 g/mol. The van der Waals surface area contributed by atoms with Crippen LogP contribution < -0.4 is 4.74 Å². The minimum atomic E-state index is -2.87. The number of thioether (sulfide) groups is 1. The molecule has 0 unspecified atom stereocenters. The molecule has 0 spiro atoms. The van der Waals surface area contributed by atoms with Crippen LogP contribution in [-0.2, 0) is 6.54 Å². The molecule has 3 rings (SSSR count). The molecule has 0 saturated carbocycles. The van der Waals surface area contributed by atoms with E-state index in [0.29, 0.717) is 17.3 Å². The van der Waals surface area contributed by atoms with Crippen molar-refractivity contribution in [3.63, 3.8) is 0 Å². The van der Waals surface area contributed by atoms with Crippen molar-refractivity contribution in [2.24, 2.45) is 0 Å². The van der Waals surface area contributed by atoms with Crippen LogP contribution in [-0.4, -0.2) is 37.5 Å². The molecule has 0 bridgehead atoms. The molecule has 2 aromatic heterocycles. The summed E-state index contributed by atoms with van der Waals surface area (Å²) in [6, 6.07) is 8.16. The van der Waals surface area contributed by atoms with Gasteiger partial charge in [-0.05, 0) is 51.1 Å². The van der Waals surface area contributed by atoms with Crippen molar-refractivity contribution >= 4 is 17.5 Å². The van der Waals surface area contributed by atoms with E-state index in [0.717, 1.165) is 22.9 Å². The maximum atomic E-state index is 12.9. The summed E-state index contributed by atoms with van der Waals surface area (Å²) in [5.74, 6) is 1.05. The molecule has 0 saturated heterocycles. The van der Waals surface area contributed by atoms with Gasteiger partial charge in [0.2, 0.25) is 0 Å². The standard InChI is InChI=1S/C21H22F2N4O2S/c1-5-10-26-15(4)24-25-21(26)30-12-19(28)18-11-13(2)27(14(18)3)16-6-8-17(9-7-16)29-20(22)23/h5-9,11,20H,1,10,12H2,2-4H3. The highest BCUT2D eigenvalue weighted by atomic mass is 32.2. The van der Waals surface area contributed by atoms with E-state index in [-0.39, 0.29) is 17.3 Å². The molecule has 0 N–H and O–H groups in total. The van der Waals surface area contributed by atoms with Gasteiger partial charge in [-0.2, -0.15) is 8.78 Å². The molecule has 0 aliphatic heterocycles. The van der Waals surface area contributed by atoms with Crippen LogP contribution in [0.4, 0.5) is 8.78 Å². The van der Waals surface area contributed by atoms with Crippen LogP contribution in [0.5, 0.6) is 5.75 Å². The van der Waals surface area contributed by atoms with Crippen LogP contribution in [0.25, 0.3) is 5.69 Å². The summed E-state index contributed by atoms with van der Waals surface area (Å²) in [5.41, 5.74) is 3.03. The van der Waals surface area contributed by atoms with Gasteiger partial charge < -0.3 is 13.9 Å². The van der Waals surface area contributed by atoms with Crippen LogP contribution in [0.3, 0.4) is 0 Å². The lowest BCUT2D eigenvalue weighted by Gasteiger charge is -2.11. The topological polar surface area (TPSA) is 61.9 Å². The molecule has 0 amide bonds. The van der Waals surface area contributed by atoms with Crippen molar-refractivity contribution in [1.29, 1.82) is 0 Å². The van der Waals surface area contributed by atoms with Crippen LogP contribution >= 0.6 is 11.8 Å². The SMILES string of the molecule is C=CCn1c(C)nnc1SCC(=O)c1cc(C)n(-c2ccc(OC(F)F)cc2)c1C. The third-order valence-electron chi connectivity index (χ3n) is 4.60. The molecular weight excluding hydrogens is 410 g/mol. The second-order valence-electron chi connectivity index (χ2n) is 6.63. The second-order valence-corrected chi connectivity index (χ2v) is 7.58. The van der Waals surface area contributed by atoms with Gasteiger partial charge in [-0.3, -0.25) is 4.79 Å². The van der Waals surface area contributed by atoms with Crippen LogP contribution in [0, 0.1) is 20.8 Å². The Morgan fingerprint density at radius 1 is 1.23 bits per heavy atom. The zero-order chi connectivity index (χ0) is 21.8. The average molecular weight is 432 g/mol. The Hall–Kier alpha value is -2.94. The highest BCUT2D eigenvalue weighted by molar-refractivity contribution is 7.99. The van der Waals surface area contributed by atoms with Crippen LogP contribution in [0.15, 0.2) is 48.1 Å². The van der Waals surface area contributed by atoms with Crippen LogP contribution in [0.1, 0.15) is 27.6 Å². The molecule has 9 heteroatoms. The van der Waals surface area contributed by atoms with Gasteiger partial charge in [0.05, 0.1) is 5.75 Å². The molecule has 6 nitrogen and oxygen atoms in total. The van der Waals surface area contributed by atoms with Crippen LogP contribution in [0.2, 0.25) is 0 Å². The largest absolute Gasteiger partial charge is 0.435 e. The number of hydrogen-bond donors (Lipinski definition) is 0. The minimum Gasteiger partial charge on any atom is -0.435 e. The molecule has 0 aliphatic rings. The number of alkyl halides is 2. The first-order valence-corrected chi connectivity index (χ1v) is 10.2. The summed E-state index contributed by atoms with van der Waals surface area (Å²) < 4.78 is 32.9. The van der Waals surface area contributed by atoms with Crippen molar-refractivity contribution in [3.05, 3.63) is 65.8 Å². The van der Waals surface area contributed by atoms with E-state index in [1.54, 1.807) is 18.2 Å². The molecule has 30 heavy (non-hydrogen) atoms. The fourth-order valence-corrected chi connectivity index (χ4v) is 4.11. The fraction of sp³-hybridized carbons (Fsp3) is 0.286. The van der Waals surface area contributed by atoms with Gasteiger partial charge in [0.25, 0.3) is 0 Å². The number of Topliss-reactive ketones (excluding diaryl/α,β-unsaturated/α-hetero) is 1. The van der Waals surface area contributed by atoms with Crippen molar-refractivity contribution < 1.29 is 18.3 Å². The maximum absolute atomic E-state index is 12.9. The van der Waals surface area contributed by atoms with Crippen molar-refractivity contribution in [3.8, 4) is 11.4 Å². The first-order valence-electron chi connectivity index (χ1n) is 9.22. The number of halogens is 2. The first kappa shape index (κ1) is 21.8. The summed E-state index contributed by atoms with van der Waals surface area (Å²) in [5, 5.41) is 8.86. The molecule has 3 aromatic rings. The van der Waals surface area contributed by atoms with Gasteiger partial charge in [0.15, 0.2) is 10.9 Å². The number of nitrogens with zero attached hydrogens (tertiary/aromatic N) is 4. The van der Waals surface area contributed by atoms with E-state index in [1.807, 2.05) is 36.0 Å². The number of ether oxygens (including phenoxy) is 1. The minimum absolute atomic E-state index is 0.0252. The number of carbonyl (C=O) groups is 1. The van der Waals surface area contributed by atoms with Crippen molar-refractivity contribution in [1.82, 2.24) is 19.3 Å². The number of aromatic nitrogens is 4. The smallest absolute Gasteiger partial charge is 0.387 e. The van der Waals surface area contributed by atoms with E-state index in [1.165, 1.54) is 23.9 Å². The second kappa shape index (κ2) is 9.25.